The minimum absolute atomic E-state index is 0.209. The molecule has 0 aliphatic heterocycles. The van der Waals surface area contributed by atoms with Crippen LogP contribution in [-0.4, -0.2) is 16.1 Å². The summed E-state index contributed by atoms with van der Waals surface area (Å²) in [6, 6.07) is 9.34. The Morgan fingerprint density at radius 3 is 2.21 bits per heavy atom. The molecule has 1 aromatic rings. The largest absolute Gasteiger partial charge is 0.328 e. The van der Waals surface area contributed by atoms with Crippen LogP contribution in [0.1, 0.15) is 23.7 Å². The SMILES string of the molecule is CCC(=O)c1ccccc1.O=[N+]([O-])O. The fourth-order valence-electron chi connectivity index (χ4n) is 0.828. The lowest BCUT2D eigenvalue weighted by molar-refractivity contribution is -0.742. The second-order valence-electron chi connectivity index (χ2n) is 2.38. The van der Waals surface area contributed by atoms with Crippen molar-refractivity contribution in [3.05, 3.63) is 46.0 Å². The van der Waals surface area contributed by atoms with E-state index in [0.717, 1.165) is 5.56 Å². The number of carbonyl (C=O) groups excluding carboxylic acids is 1. The summed E-state index contributed by atoms with van der Waals surface area (Å²) >= 11 is 0. The summed E-state index contributed by atoms with van der Waals surface area (Å²) in [4.78, 5) is 19.4. The quantitative estimate of drug-likeness (QED) is 0.446. The maximum absolute atomic E-state index is 11.0. The molecule has 0 saturated carbocycles. The molecule has 0 atom stereocenters. The van der Waals surface area contributed by atoms with Gasteiger partial charge in [0.1, 0.15) is 0 Å². The van der Waals surface area contributed by atoms with Gasteiger partial charge in [-0.3, -0.25) is 4.79 Å². The number of benzene rings is 1. The lowest BCUT2D eigenvalue weighted by Crippen LogP contribution is -1.94. The predicted octanol–water partition coefficient (Wildman–Crippen LogP) is 1.93. The molecule has 0 amide bonds. The first-order valence-corrected chi connectivity index (χ1v) is 3.99. The topological polar surface area (TPSA) is 80.4 Å². The summed E-state index contributed by atoms with van der Waals surface area (Å²) in [6.45, 7) is 1.87. The number of hydrogen-bond donors (Lipinski definition) is 1. The van der Waals surface area contributed by atoms with E-state index >= 15 is 0 Å². The number of ketones is 1. The summed E-state index contributed by atoms with van der Waals surface area (Å²) in [5.41, 5.74) is 0.810. The van der Waals surface area contributed by atoms with Crippen molar-refractivity contribution < 1.29 is 15.1 Å². The molecular weight excluding hydrogens is 186 g/mol. The minimum atomic E-state index is -1.50. The zero-order valence-electron chi connectivity index (χ0n) is 7.71. The van der Waals surface area contributed by atoms with E-state index in [1.165, 1.54) is 0 Å². The molecule has 1 aromatic carbocycles. The molecule has 0 saturated heterocycles. The van der Waals surface area contributed by atoms with Gasteiger partial charge in [-0.15, -0.1) is 10.1 Å². The van der Waals surface area contributed by atoms with Crippen LogP contribution in [0.15, 0.2) is 30.3 Å². The Balaban J connectivity index is 0.000000364. The van der Waals surface area contributed by atoms with E-state index < -0.39 is 5.09 Å². The monoisotopic (exact) mass is 197 g/mol. The molecule has 0 heterocycles. The molecule has 1 N–H and O–H groups in total. The smallest absolute Gasteiger partial charge is 0.291 e. The molecule has 0 fully saturated rings. The van der Waals surface area contributed by atoms with E-state index in [-0.39, 0.29) is 5.78 Å². The number of nitrogens with zero attached hydrogens (tertiary/aromatic N) is 1. The highest BCUT2D eigenvalue weighted by molar-refractivity contribution is 5.95. The number of hydrogen-bond acceptors (Lipinski definition) is 3. The van der Waals surface area contributed by atoms with Crippen LogP contribution in [0.25, 0.3) is 0 Å². The van der Waals surface area contributed by atoms with Gasteiger partial charge < -0.3 is 5.21 Å². The molecular formula is C9H11NO4. The number of Topliss-reactive ketones (excluding diaryl/α,β-unsaturated/α-hetero) is 1. The van der Waals surface area contributed by atoms with Gasteiger partial charge in [0.2, 0.25) is 0 Å². The van der Waals surface area contributed by atoms with Crippen molar-refractivity contribution in [1.82, 2.24) is 0 Å². The number of rotatable bonds is 2. The molecule has 0 radical (unpaired) electrons. The van der Waals surface area contributed by atoms with Crippen LogP contribution in [-0.2, 0) is 0 Å². The van der Waals surface area contributed by atoms with Crippen molar-refractivity contribution in [2.45, 2.75) is 13.3 Å². The second-order valence-corrected chi connectivity index (χ2v) is 2.38. The van der Waals surface area contributed by atoms with Crippen molar-refractivity contribution in [3.63, 3.8) is 0 Å². The van der Waals surface area contributed by atoms with Crippen molar-refractivity contribution >= 4 is 5.78 Å². The lowest BCUT2D eigenvalue weighted by Gasteiger charge is -1.93. The van der Waals surface area contributed by atoms with Gasteiger partial charge >= 0.3 is 0 Å². The van der Waals surface area contributed by atoms with Gasteiger partial charge in [0, 0.05) is 12.0 Å². The van der Waals surface area contributed by atoms with E-state index in [4.69, 9.17) is 15.3 Å². The first kappa shape index (κ1) is 12.1. The average Bonchev–Trinajstić information content (AvgIpc) is 2.17. The van der Waals surface area contributed by atoms with Gasteiger partial charge in [-0.05, 0) is 0 Å². The van der Waals surface area contributed by atoms with Crippen molar-refractivity contribution in [1.29, 1.82) is 0 Å². The average molecular weight is 197 g/mol. The zero-order valence-corrected chi connectivity index (χ0v) is 7.71. The van der Waals surface area contributed by atoms with E-state index in [0.29, 0.717) is 6.42 Å². The van der Waals surface area contributed by atoms with Crippen LogP contribution >= 0.6 is 0 Å². The molecule has 0 aliphatic carbocycles. The van der Waals surface area contributed by atoms with Crippen LogP contribution in [0.4, 0.5) is 0 Å². The summed E-state index contributed by atoms with van der Waals surface area (Å²) in [5, 5.41) is 13.6. The molecule has 5 nitrogen and oxygen atoms in total. The van der Waals surface area contributed by atoms with Crippen molar-refractivity contribution in [2.75, 3.05) is 0 Å². The zero-order chi connectivity index (χ0) is 11.0. The van der Waals surface area contributed by atoms with Gasteiger partial charge in [-0.25, -0.2) is 0 Å². The maximum Gasteiger partial charge on any atom is 0.291 e. The van der Waals surface area contributed by atoms with Gasteiger partial charge in [0.05, 0.1) is 0 Å². The molecule has 76 valence electrons. The molecule has 0 bridgehead atoms. The van der Waals surface area contributed by atoms with Crippen LogP contribution in [0.3, 0.4) is 0 Å². The maximum atomic E-state index is 11.0. The van der Waals surface area contributed by atoms with Crippen LogP contribution in [0.5, 0.6) is 0 Å². The standard InChI is InChI=1S/C9H10O.HNO3/c1-2-9(10)8-6-4-3-5-7-8;2-1(3)4/h3-7H,2H2,1H3;(H,2,3,4). The fourth-order valence-corrected chi connectivity index (χ4v) is 0.828. The van der Waals surface area contributed by atoms with Crippen LogP contribution < -0.4 is 0 Å². The lowest BCUT2D eigenvalue weighted by atomic mass is 10.1. The van der Waals surface area contributed by atoms with Crippen molar-refractivity contribution in [2.24, 2.45) is 0 Å². The van der Waals surface area contributed by atoms with E-state index in [1.54, 1.807) is 0 Å². The Kier molecular flexibility index (Phi) is 5.69. The summed E-state index contributed by atoms with van der Waals surface area (Å²) in [7, 11) is 0. The molecule has 0 aromatic heterocycles. The third kappa shape index (κ3) is 5.70. The van der Waals surface area contributed by atoms with Gasteiger partial charge in [0.15, 0.2) is 5.78 Å². The highest BCUT2D eigenvalue weighted by Crippen LogP contribution is 2.01. The van der Waals surface area contributed by atoms with E-state index in [1.807, 2.05) is 37.3 Å². The molecule has 14 heavy (non-hydrogen) atoms. The summed E-state index contributed by atoms with van der Waals surface area (Å²) in [5.74, 6) is 0.209. The molecule has 0 unspecified atom stereocenters. The van der Waals surface area contributed by atoms with Gasteiger partial charge in [-0.1, -0.05) is 37.3 Å². The molecule has 0 spiro atoms. The number of carbonyl (C=O) groups is 1. The minimum Gasteiger partial charge on any atom is -0.328 e. The first-order chi connectivity index (χ1) is 6.57. The van der Waals surface area contributed by atoms with E-state index in [2.05, 4.69) is 0 Å². The van der Waals surface area contributed by atoms with Gasteiger partial charge in [-0.2, -0.15) is 0 Å². The Morgan fingerprint density at radius 2 is 1.86 bits per heavy atom. The van der Waals surface area contributed by atoms with Gasteiger partial charge in [0.25, 0.3) is 5.09 Å². The highest BCUT2D eigenvalue weighted by Gasteiger charge is 1.98. The van der Waals surface area contributed by atoms with Crippen molar-refractivity contribution in [3.8, 4) is 0 Å². The molecule has 1 rings (SSSR count). The molecule has 5 heteroatoms. The normalized spacial score (nSPS) is 8.36. The Bertz CT molecular complexity index is 293. The summed E-state index contributed by atoms with van der Waals surface area (Å²) in [6.07, 6.45) is 0.587. The van der Waals surface area contributed by atoms with Crippen LogP contribution in [0.2, 0.25) is 0 Å². The Hall–Kier alpha value is -1.91. The van der Waals surface area contributed by atoms with E-state index in [9.17, 15) is 4.79 Å². The third-order valence-electron chi connectivity index (χ3n) is 1.42. The Labute approximate surface area is 81.1 Å². The second kappa shape index (κ2) is 6.59. The third-order valence-corrected chi connectivity index (χ3v) is 1.42. The highest BCUT2D eigenvalue weighted by atomic mass is 16.9. The fraction of sp³-hybridized carbons (Fsp3) is 0.222. The van der Waals surface area contributed by atoms with Crippen LogP contribution in [0, 0.1) is 10.1 Å². The molecule has 0 aliphatic rings. The summed E-state index contributed by atoms with van der Waals surface area (Å²) < 4.78 is 0. The Morgan fingerprint density at radius 1 is 1.43 bits per heavy atom. The predicted molar refractivity (Wildman–Crippen MR) is 49.8 cm³/mol. The first-order valence-electron chi connectivity index (χ1n) is 3.99.